The van der Waals surface area contributed by atoms with Gasteiger partial charge in [-0.15, -0.1) is 0 Å². The number of hydrogen-bond acceptors (Lipinski definition) is 2. The quantitative estimate of drug-likeness (QED) is 0.690. The van der Waals surface area contributed by atoms with Crippen molar-refractivity contribution < 1.29 is 9.90 Å². The van der Waals surface area contributed by atoms with E-state index >= 15 is 0 Å². The lowest BCUT2D eigenvalue weighted by atomic mass is 9.82. The van der Waals surface area contributed by atoms with Crippen LogP contribution in [-0.2, 0) is 4.79 Å². The normalized spacial score (nSPS) is 18.3. The molecule has 0 saturated heterocycles. The molecule has 0 fully saturated rings. The van der Waals surface area contributed by atoms with Gasteiger partial charge in [0.1, 0.15) is 5.54 Å². The van der Waals surface area contributed by atoms with E-state index in [9.17, 15) is 4.79 Å². The van der Waals surface area contributed by atoms with Gasteiger partial charge in [-0.3, -0.25) is 4.79 Å². The van der Waals surface area contributed by atoms with Crippen LogP contribution in [0.4, 0.5) is 0 Å². The fourth-order valence-electron chi connectivity index (χ4n) is 1.48. The van der Waals surface area contributed by atoms with Crippen LogP contribution in [0.1, 0.15) is 40.5 Å². The van der Waals surface area contributed by atoms with Crippen LogP contribution in [0.2, 0.25) is 0 Å². The lowest BCUT2D eigenvalue weighted by Gasteiger charge is -2.27. The van der Waals surface area contributed by atoms with Crippen LogP contribution in [0.3, 0.4) is 0 Å². The summed E-state index contributed by atoms with van der Waals surface area (Å²) < 4.78 is 0. The van der Waals surface area contributed by atoms with Crippen LogP contribution in [0.15, 0.2) is 0 Å². The van der Waals surface area contributed by atoms with Gasteiger partial charge >= 0.3 is 5.97 Å². The Morgan fingerprint density at radius 3 is 2.23 bits per heavy atom. The Kier molecular flexibility index (Phi) is 4.40. The van der Waals surface area contributed by atoms with Gasteiger partial charge in [-0.05, 0) is 25.2 Å². The van der Waals surface area contributed by atoms with Crippen molar-refractivity contribution in [3.05, 3.63) is 0 Å². The second-order valence-electron chi connectivity index (χ2n) is 4.34. The number of carboxylic acid groups (broad SMARTS) is 1. The van der Waals surface area contributed by atoms with E-state index < -0.39 is 11.5 Å². The van der Waals surface area contributed by atoms with Crippen molar-refractivity contribution in [1.29, 1.82) is 0 Å². The van der Waals surface area contributed by atoms with Crippen molar-refractivity contribution in [2.45, 2.75) is 46.1 Å². The molecule has 0 heterocycles. The Hall–Kier alpha value is -0.570. The fourth-order valence-corrected chi connectivity index (χ4v) is 1.48. The van der Waals surface area contributed by atoms with Gasteiger partial charge in [-0.2, -0.15) is 0 Å². The third-order valence-electron chi connectivity index (χ3n) is 2.64. The summed E-state index contributed by atoms with van der Waals surface area (Å²) in [6, 6.07) is 0. The summed E-state index contributed by atoms with van der Waals surface area (Å²) in [6.07, 6.45) is 1.54. The summed E-state index contributed by atoms with van der Waals surface area (Å²) in [6.45, 7) is 7.86. The molecule has 0 aromatic rings. The minimum absolute atomic E-state index is 0.395. The third-order valence-corrected chi connectivity index (χ3v) is 2.64. The molecule has 0 bridgehead atoms. The molecule has 0 spiro atoms. The Bertz CT molecular complexity index is 176. The number of carboxylic acids is 1. The van der Waals surface area contributed by atoms with Gasteiger partial charge in [0.2, 0.25) is 0 Å². The van der Waals surface area contributed by atoms with Crippen molar-refractivity contribution in [1.82, 2.24) is 0 Å². The van der Waals surface area contributed by atoms with Crippen LogP contribution >= 0.6 is 0 Å². The highest BCUT2D eigenvalue weighted by molar-refractivity contribution is 5.77. The molecule has 0 radical (unpaired) electrons. The first-order chi connectivity index (χ1) is 5.81. The van der Waals surface area contributed by atoms with E-state index in [1.54, 1.807) is 6.92 Å². The second kappa shape index (κ2) is 4.61. The van der Waals surface area contributed by atoms with Crippen molar-refractivity contribution in [2.75, 3.05) is 0 Å². The predicted molar refractivity (Wildman–Crippen MR) is 53.5 cm³/mol. The maximum atomic E-state index is 10.8. The zero-order valence-corrected chi connectivity index (χ0v) is 9.00. The minimum Gasteiger partial charge on any atom is -0.480 e. The van der Waals surface area contributed by atoms with E-state index in [2.05, 4.69) is 20.8 Å². The monoisotopic (exact) mass is 187 g/mol. The molecule has 0 aliphatic heterocycles. The Balaban J connectivity index is 4.30. The average molecular weight is 187 g/mol. The molecule has 78 valence electrons. The molecule has 0 amide bonds. The predicted octanol–water partition coefficient (Wildman–Crippen LogP) is 1.86. The van der Waals surface area contributed by atoms with E-state index in [0.717, 1.165) is 6.42 Å². The highest BCUT2D eigenvalue weighted by Gasteiger charge is 2.31. The Labute approximate surface area is 80.3 Å². The molecule has 13 heavy (non-hydrogen) atoms. The zero-order valence-electron chi connectivity index (χ0n) is 9.00. The van der Waals surface area contributed by atoms with Gasteiger partial charge in [-0.1, -0.05) is 27.2 Å². The summed E-state index contributed by atoms with van der Waals surface area (Å²) in [5.74, 6) is -0.0232. The molecular formula is C10H21NO2. The van der Waals surface area contributed by atoms with E-state index in [0.29, 0.717) is 18.3 Å². The van der Waals surface area contributed by atoms with Crippen molar-refractivity contribution in [2.24, 2.45) is 17.6 Å². The molecule has 0 aliphatic rings. The number of aliphatic carboxylic acids is 1. The lowest BCUT2D eigenvalue weighted by molar-refractivity contribution is -0.143. The summed E-state index contributed by atoms with van der Waals surface area (Å²) in [4.78, 5) is 10.8. The summed E-state index contributed by atoms with van der Waals surface area (Å²) in [5, 5.41) is 8.84. The average Bonchev–Trinajstić information content (AvgIpc) is 1.99. The number of rotatable bonds is 5. The maximum absolute atomic E-state index is 10.8. The molecule has 0 aromatic heterocycles. The topological polar surface area (TPSA) is 63.3 Å². The van der Waals surface area contributed by atoms with Gasteiger partial charge in [-0.25, -0.2) is 0 Å². The summed E-state index contributed by atoms with van der Waals surface area (Å²) in [7, 11) is 0. The van der Waals surface area contributed by atoms with Gasteiger partial charge in [0.05, 0.1) is 0 Å². The van der Waals surface area contributed by atoms with E-state index in [4.69, 9.17) is 10.8 Å². The molecule has 3 nitrogen and oxygen atoms in total. The van der Waals surface area contributed by atoms with Crippen molar-refractivity contribution in [3.8, 4) is 0 Å². The molecule has 0 aromatic carbocycles. The molecule has 3 heteroatoms. The Morgan fingerprint density at radius 1 is 1.54 bits per heavy atom. The lowest BCUT2D eigenvalue weighted by Crippen LogP contribution is -2.46. The number of nitrogens with two attached hydrogens (primary N) is 1. The zero-order chi connectivity index (χ0) is 10.6. The number of carbonyl (C=O) groups is 1. The van der Waals surface area contributed by atoms with Gasteiger partial charge < -0.3 is 10.8 Å². The van der Waals surface area contributed by atoms with E-state index in [1.165, 1.54) is 0 Å². The second-order valence-corrected chi connectivity index (χ2v) is 4.34. The van der Waals surface area contributed by atoms with Crippen LogP contribution in [0.5, 0.6) is 0 Å². The first kappa shape index (κ1) is 12.4. The van der Waals surface area contributed by atoms with Gasteiger partial charge in [0.25, 0.3) is 0 Å². The third kappa shape index (κ3) is 3.77. The highest BCUT2D eigenvalue weighted by atomic mass is 16.4. The van der Waals surface area contributed by atoms with Crippen molar-refractivity contribution >= 4 is 5.97 Å². The molecule has 2 atom stereocenters. The van der Waals surface area contributed by atoms with Crippen LogP contribution in [-0.4, -0.2) is 16.6 Å². The molecule has 3 N–H and O–H groups in total. The van der Waals surface area contributed by atoms with Crippen LogP contribution in [0.25, 0.3) is 0 Å². The molecule has 0 saturated carbocycles. The Morgan fingerprint density at radius 2 is 2.00 bits per heavy atom. The van der Waals surface area contributed by atoms with Gasteiger partial charge in [0.15, 0.2) is 0 Å². The molecule has 0 rings (SSSR count). The SMILES string of the molecule is CCC(CC(C)(N)C(=O)O)C(C)C. The van der Waals surface area contributed by atoms with E-state index in [1.807, 2.05) is 0 Å². The van der Waals surface area contributed by atoms with Gasteiger partial charge in [0, 0.05) is 0 Å². The molecular weight excluding hydrogens is 166 g/mol. The standard InChI is InChI=1S/C10H21NO2/c1-5-8(7(2)3)6-10(4,11)9(12)13/h7-8H,5-6,11H2,1-4H3,(H,12,13). The summed E-state index contributed by atoms with van der Waals surface area (Å²) >= 11 is 0. The fraction of sp³-hybridized carbons (Fsp3) is 0.900. The largest absolute Gasteiger partial charge is 0.480 e. The van der Waals surface area contributed by atoms with Crippen LogP contribution in [0, 0.1) is 11.8 Å². The number of hydrogen-bond donors (Lipinski definition) is 2. The smallest absolute Gasteiger partial charge is 0.323 e. The van der Waals surface area contributed by atoms with Crippen molar-refractivity contribution in [3.63, 3.8) is 0 Å². The molecule has 0 aliphatic carbocycles. The maximum Gasteiger partial charge on any atom is 0.323 e. The summed E-state index contributed by atoms with van der Waals surface area (Å²) in [5.41, 5.74) is 4.60. The first-order valence-corrected chi connectivity index (χ1v) is 4.83. The minimum atomic E-state index is -1.08. The highest BCUT2D eigenvalue weighted by Crippen LogP contribution is 2.24. The van der Waals surface area contributed by atoms with Crippen LogP contribution < -0.4 is 5.73 Å². The molecule has 2 unspecified atom stereocenters. The first-order valence-electron chi connectivity index (χ1n) is 4.83. The van der Waals surface area contributed by atoms with E-state index in [-0.39, 0.29) is 0 Å².